The molecule has 0 bridgehead atoms. The van der Waals surface area contributed by atoms with Crippen LogP contribution in [0, 0.1) is 23.7 Å². The number of aromatic nitrogens is 6. The first kappa shape index (κ1) is 29.1. The van der Waals surface area contributed by atoms with Crippen LogP contribution in [0.15, 0.2) is 18.5 Å². The Balaban J connectivity index is 1.17. The van der Waals surface area contributed by atoms with Crippen molar-refractivity contribution in [1.29, 1.82) is 0 Å². The van der Waals surface area contributed by atoms with Gasteiger partial charge in [-0.25, -0.2) is 37.2 Å². The van der Waals surface area contributed by atoms with Crippen molar-refractivity contribution in [3.8, 4) is 0 Å². The molecule has 0 aliphatic heterocycles. The van der Waals surface area contributed by atoms with Gasteiger partial charge in [0.1, 0.15) is 0 Å². The van der Waals surface area contributed by atoms with E-state index >= 15 is 0 Å². The molecule has 44 heavy (non-hydrogen) atoms. The molecule has 4 aliphatic rings. The highest BCUT2D eigenvalue weighted by Crippen LogP contribution is 2.46. The lowest BCUT2D eigenvalue weighted by atomic mass is 9.77. The van der Waals surface area contributed by atoms with Gasteiger partial charge in [0.2, 0.25) is 29.4 Å². The second-order valence-electron chi connectivity index (χ2n) is 13.4. The van der Waals surface area contributed by atoms with E-state index in [2.05, 4.69) is 15.4 Å². The number of hydrogen-bond donors (Lipinski definition) is 2. The highest BCUT2D eigenvalue weighted by molar-refractivity contribution is 5.89. The fraction of sp³-hybridized carbons (Fsp3) is 0.667. The van der Waals surface area contributed by atoms with Gasteiger partial charge in [0.15, 0.2) is 5.82 Å². The van der Waals surface area contributed by atoms with E-state index in [-0.39, 0.29) is 80.5 Å². The maximum absolute atomic E-state index is 14.2. The molecule has 0 saturated heterocycles. The topological polar surface area (TPSA) is 133 Å². The van der Waals surface area contributed by atoms with Crippen LogP contribution in [-0.4, -0.2) is 52.8 Å². The zero-order chi connectivity index (χ0) is 30.8. The van der Waals surface area contributed by atoms with Crippen LogP contribution in [-0.2, 0) is 11.3 Å². The van der Waals surface area contributed by atoms with Gasteiger partial charge in [0.05, 0.1) is 23.3 Å². The minimum Gasteiger partial charge on any atom is -0.363 e. The second-order valence-corrected chi connectivity index (χ2v) is 13.4. The van der Waals surface area contributed by atoms with Gasteiger partial charge in [-0.05, 0) is 68.3 Å². The van der Waals surface area contributed by atoms with Crippen molar-refractivity contribution in [2.24, 2.45) is 29.4 Å². The minimum absolute atomic E-state index is 0.0517. The lowest BCUT2D eigenvalue weighted by Crippen LogP contribution is -2.39. The fourth-order valence-electron chi connectivity index (χ4n) is 6.84. The number of hydrogen-bond acceptors (Lipinski definition) is 6. The maximum atomic E-state index is 14.2. The number of imidazole rings is 1. The summed E-state index contributed by atoms with van der Waals surface area (Å²) in [5, 5.41) is 7.70. The third kappa shape index (κ3) is 6.16. The number of amides is 2. The van der Waals surface area contributed by atoms with Crippen LogP contribution in [0.1, 0.15) is 110 Å². The molecule has 2 amide bonds. The third-order valence-corrected chi connectivity index (χ3v) is 9.61. The first-order valence-corrected chi connectivity index (χ1v) is 15.6. The molecule has 4 fully saturated rings. The Morgan fingerprint density at radius 1 is 0.932 bits per heavy atom. The summed E-state index contributed by atoms with van der Waals surface area (Å²) in [6, 6.07) is 1.45. The lowest BCUT2D eigenvalue weighted by molar-refractivity contribution is -0.134. The van der Waals surface area contributed by atoms with Crippen molar-refractivity contribution >= 4 is 17.6 Å². The number of nitrogens with zero attached hydrogens (tertiary/aromatic N) is 6. The summed E-state index contributed by atoms with van der Waals surface area (Å²) in [5.41, 5.74) is 6.83. The molecule has 3 aromatic rings. The average molecular weight is 617 g/mol. The monoisotopic (exact) mass is 616 g/mol. The standard InChI is InChI=1S/C30H36F4N8O2/c31-29(32)8-5-18(6-9-29)23(26-39-27(25(35)44)42(40-26)14-16-1-2-16)21-15-41-10-7-20(36-28(41)37-21)24(19-3-4-19)38-22(43)11-17-12-30(33,34)13-17/h7,10,15-19,23-24H,1-6,8-9,11-14H2,(H2,35,44)(H,38,43)/t23-,24-/m0/s1. The number of rotatable bonds is 11. The molecule has 236 valence electrons. The summed E-state index contributed by atoms with van der Waals surface area (Å²) < 4.78 is 58.1. The van der Waals surface area contributed by atoms with Crippen LogP contribution >= 0.6 is 0 Å². The van der Waals surface area contributed by atoms with Gasteiger partial charge in [0, 0.05) is 51.0 Å². The molecule has 14 heteroatoms. The Bertz CT molecular complexity index is 1560. The summed E-state index contributed by atoms with van der Waals surface area (Å²) in [5.74, 6) is -6.08. The van der Waals surface area contributed by atoms with Crippen LogP contribution in [0.25, 0.3) is 5.78 Å². The van der Waals surface area contributed by atoms with E-state index in [1.807, 2.05) is 6.07 Å². The molecular weight excluding hydrogens is 580 g/mol. The highest BCUT2D eigenvalue weighted by atomic mass is 19.3. The number of carbonyl (C=O) groups excluding carboxylic acids is 2. The Morgan fingerprint density at radius 3 is 2.27 bits per heavy atom. The molecule has 10 nitrogen and oxygen atoms in total. The van der Waals surface area contributed by atoms with Crippen molar-refractivity contribution < 1.29 is 27.2 Å². The predicted molar refractivity (Wildman–Crippen MR) is 149 cm³/mol. The Hall–Kier alpha value is -3.58. The van der Waals surface area contributed by atoms with Gasteiger partial charge < -0.3 is 11.1 Å². The molecule has 3 heterocycles. The van der Waals surface area contributed by atoms with Gasteiger partial charge in [-0.15, -0.1) is 0 Å². The number of alkyl halides is 4. The molecule has 7 rings (SSSR count). The van der Waals surface area contributed by atoms with E-state index in [9.17, 15) is 27.2 Å². The van der Waals surface area contributed by atoms with Crippen molar-refractivity contribution in [2.75, 3.05) is 0 Å². The maximum Gasteiger partial charge on any atom is 0.286 e. The zero-order valence-electron chi connectivity index (χ0n) is 24.3. The highest BCUT2D eigenvalue weighted by Gasteiger charge is 2.46. The molecule has 0 unspecified atom stereocenters. The second kappa shape index (κ2) is 10.8. The molecule has 0 aromatic carbocycles. The molecule has 4 saturated carbocycles. The summed E-state index contributed by atoms with van der Waals surface area (Å²) in [4.78, 5) is 39.1. The molecule has 4 aliphatic carbocycles. The van der Waals surface area contributed by atoms with Crippen molar-refractivity contribution in [1.82, 2.24) is 34.4 Å². The fourth-order valence-corrected chi connectivity index (χ4v) is 6.84. The van der Waals surface area contributed by atoms with Crippen molar-refractivity contribution in [3.05, 3.63) is 41.5 Å². The molecule has 3 N–H and O–H groups in total. The largest absolute Gasteiger partial charge is 0.363 e. The van der Waals surface area contributed by atoms with E-state index in [0.29, 0.717) is 35.5 Å². The Morgan fingerprint density at radius 2 is 1.64 bits per heavy atom. The third-order valence-electron chi connectivity index (χ3n) is 9.61. The lowest BCUT2D eigenvalue weighted by Gasteiger charge is -2.34. The number of primary amides is 1. The molecule has 3 aromatic heterocycles. The molecule has 0 spiro atoms. The Labute approximate surface area is 251 Å². The van der Waals surface area contributed by atoms with Gasteiger partial charge >= 0.3 is 0 Å². The molecule has 2 atom stereocenters. The summed E-state index contributed by atoms with van der Waals surface area (Å²) in [6.45, 7) is 0.522. The van der Waals surface area contributed by atoms with E-state index in [1.165, 1.54) is 0 Å². The molecule has 0 radical (unpaired) electrons. The quantitative estimate of drug-likeness (QED) is 0.298. The van der Waals surface area contributed by atoms with E-state index in [4.69, 9.17) is 15.7 Å². The first-order chi connectivity index (χ1) is 20.9. The SMILES string of the molecule is NC(=O)c1nc([C@H](c2cn3ccc([C@@H](NC(=O)CC4CC(F)(F)C4)C4CC4)nc3n2)C2CCC(F)(F)CC2)nn1CC1CC1. The van der Waals surface area contributed by atoms with Crippen molar-refractivity contribution in [2.45, 2.75) is 101 Å². The smallest absolute Gasteiger partial charge is 0.286 e. The number of nitrogens with one attached hydrogen (secondary N) is 1. The van der Waals surface area contributed by atoms with Crippen LogP contribution in [0.5, 0.6) is 0 Å². The van der Waals surface area contributed by atoms with E-state index < -0.39 is 23.7 Å². The van der Waals surface area contributed by atoms with Crippen LogP contribution in [0.3, 0.4) is 0 Å². The predicted octanol–water partition coefficient (Wildman–Crippen LogP) is 4.79. The first-order valence-electron chi connectivity index (χ1n) is 15.6. The van der Waals surface area contributed by atoms with Crippen molar-refractivity contribution in [3.63, 3.8) is 0 Å². The minimum atomic E-state index is -2.73. The van der Waals surface area contributed by atoms with Gasteiger partial charge in [0.25, 0.3) is 5.91 Å². The normalized spacial score (nSPS) is 23.3. The summed E-state index contributed by atoms with van der Waals surface area (Å²) in [7, 11) is 0. The Kier molecular flexibility index (Phi) is 7.15. The zero-order valence-corrected chi connectivity index (χ0v) is 24.3. The van der Waals surface area contributed by atoms with Gasteiger partial charge in [-0.1, -0.05) is 0 Å². The number of carbonyl (C=O) groups is 2. The number of fused-ring (bicyclic) bond motifs is 1. The van der Waals surface area contributed by atoms with E-state index in [1.54, 1.807) is 21.5 Å². The number of nitrogens with two attached hydrogens (primary N) is 1. The van der Waals surface area contributed by atoms with Crippen LogP contribution in [0.4, 0.5) is 17.6 Å². The summed E-state index contributed by atoms with van der Waals surface area (Å²) >= 11 is 0. The van der Waals surface area contributed by atoms with Gasteiger partial charge in [-0.3, -0.25) is 14.0 Å². The van der Waals surface area contributed by atoms with Crippen LogP contribution in [0.2, 0.25) is 0 Å². The summed E-state index contributed by atoms with van der Waals surface area (Å²) in [6.07, 6.45) is 7.02. The van der Waals surface area contributed by atoms with Crippen LogP contribution < -0.4 is 11.1 Å². The molecular formula is C30H36F4N8O2. The average Bonchev–Trinajstić information content (AvgIpc) is 3.86. The number of halogens is 4. The van der Waals surface area contributed by atoms with Gasteiger partial charge in [-0.2, -0.15) is 5.10 Å². The van der Waals surface area contributed by atoms with E-state index in [0.717, 1.165) is 25.7 Å².